The van der Waals surface area contributed by atoms with Crippen molar-refractivity contribution in [3.05, 3.63) is 58.6 Å². The van der Waals surface area contributed by atoms with Crippen molar-refractivity contribution in [2.75, 3.05) is 37.0 Å². The minimum atomic E-state index is -0.271. The number of thiazole rings is 1. The van der Waals surface area contributed by atoms with Crippen molar-refractivity contribution in [1.82, 2.24) is 15.3 Å². The number of methoxy groups -OCH3 is 1. The van der Waals surface area contributed by atoms with Gasteiger partial charge < -0.3 is 24.1 Å². The molecule has 5 rings (SSSR count). The third kappa shape index (κ3) is 5.55. The Balaban J connectivity index is 1.48. The van der Waals surface area contributed by atoms with Crippen molar-refractivity contribution in [3.63, 3.8) is 0 Å². The van der Waals surface area contributed by atoms with Gasteiger partial charge in [0.15, 0.2) is 22.2 Å². The zero-order valence-corrected chi connectivity index (χ0v) is 22.1. The highest BCUT2D eigenvalue weighted by Gasteiger charge is 2.27. The highest BCUT2D eigenvalue weighted by atomic mass is 32.1. The number of aromatic nitrogens is 2. The van der Waals surface area contributed by atoms with Crippen LogP contribution in [0.1, 0.15) is 40.6 Å². The Kier molecular flexibility index (Phi) is 7.57. The van der Waals surface area contributed by atoms with Gasteiger partial charge in [0.2, 0.25) is 0 Å². The van der Waals surface area contributed by atoms with Gasteiger partial charge in [0.25, 0.3) is 11.9 Å². The molecule has 1 amide bonds. The van der Waals surface area contributed by atoms with E-state index in [1.807, 2.05) is 44.2 Å². The highest BCUT2D eigenvalue weighted by Crippen LogP contribution is 2.33. The summed E-state index contributed by atoms with van der Waals surface area (Å²) in [6.07, 6.45) is 3.66. The molecule has 0 aliphatic carbocycles. The first-order valence-electron chi connectivity index (χ1n) is 12.5. The molecule has 0 atom stereocenters. The topological polar surface area (TPSA) is 102 Å². The number of carbonyl (C=O) groups is 1. The number of carbonyl (C=O) groups excluding carboxylic acids is 1. The summed E-state index contributed by atoms with van der Waals surface area (Å²) < 4.78 is 17.6. The summed E-state index contributed by atoms with van der Waals surface area (Å²) in [6.45, 7) is 6.89. The van der Waals surface area contributed by atoms with Crippen LogP contribution in [0.15, 0.2) is 47.0 Å². The lowest BCUT2D eigenvalue weighted by Gasteiger charge is -2.33. The van der Waals surface area contributed by atoms with Crippen LogP contribution < -0.4 is 25.0 Å². The van der Waals surface area contributed by atoms with E-state index < -0.39 is 0 Å². The number of ether oxygens (including phenoxy) is 2. The monoisotopic (exact) mass is 521 g/mol. The van der Waals surface area contributed by atoms with Crippen molar-refractivity contribution in [2.45, 2.75) is 39.3 Å². The standard InChI is InChI=1S/C27H31N5O4S/c1-4-35-23-14-18(8-9-22(23)34-3)16-32(19-10-12-28-13-11-19)27-30-21-7-5-6-20(24(21)36-27)25(33)31-26-29-15-17(2)37-26/h5-9,14-15,19,28H,4,10-13,16H2,1-3H3,(H,29,31,33). The van der Waals surface area contributed by atoms with Gasteiger partial charge >= 0.3 is 0 Å². The van der Waals surface area contributed by atoms with E-state index in [0.717, 1.165) is 36.4 Å². The first-order valence-corrected chi connectivity index (χ1v) is 13.3. The molecule has 0 bridgehead atoms. The van der Waals surface area contributed by atoms with Crippen LogP contribution in [-0.4, -0.2) is 48.7 Å². The fraction of sp³-hybridized carbons (Fsp3) is 0.370. The second kappa shape index (κ2) is 11.2. The van der Waals surface area contributed by atoms with E-state index in [4.69, 9.17) is 18.9 Å². The molecule has 3 heterocycles. The summed E-state index contributed by atoms with van der Waals surface area (Å²) in [4.78, 5) is 25.4. The van der Waals surface area contributed by atoms with Crippen LogP contribution in [0.25, 0.3) is 11.1 Å². The lowest BCUT2D eigenvalue weighted by atomic mass is 10.0. The molecule has 0 spiro atoms. The number of nitrogens with one attached hydrogen (secondary N) is 2. The van der Waals surface area contributed by atoms with Gasteiger partial charge in [0.1, 0.15) is 5.52 Å². The minimum Gasteiger partial charge on any atom is -0.493 e. The Hall–Kier alpha value is -3.63. The average molecular weight is 522 g/mol. The molecule has 1 saturated heterocycles. The number of para-hydroxylation sites is 1. The number of anilines is 2. The number of piperidine rings is 1. The third-order valence-electron chi connectivity index (χ3n) is 6.37. The van der Waals surface area contributed by atoms with Gasteiger partial charge in [0.05, 0.1) is 19.3 Å². The quantitative estimate of drug-likeness (QED) is 0.317. The number of oxazole rings is 1. The van der Waals surface area contributed by atoms with E-state index in [-0.39, 0.29) is 11.9 Å². The lowest BCUT2D eigenvalue weighted by Crippen LogP contribution is -2.43. The van der Waals surface area contributed by atoms with E-state index in [1.54, 1.807) is 19.4 Å². The van der Waals surface area contributed by atoms with Crippen LogP contribution in [-0.2, 0) is 6.54 Å². The summed E-state index contributed by atoms with van der Waals surface area (Å²) in [6, 6.07) is 12.1. The second-order valence-corrected chi connectivity index (χ2v) is 10.1. The van der Waals surface area contributed by atoms with E-state index >= 15 is 0 Å². The summed E-state index contributed by atoms with van der Waals surface area (Å²) >= 11 is 1.43. The smallest absolute Gasteiger partial charge is 0.298 e. The average Bonchev–Trinajstić information content (AvgIpc) is 3.53. The molecule has 0 saturated carbocycles. The maximum Gasteiger partial charge on any atom is 0.298 e. The molecule has 194 valence electrons. The van der Waals surface area contributed by atoms with Crippen molar-refractivity contribution in [1.29, 1.82) is 0 Å². The molecule has 1 aliphatic rings. The molecule has 2 aromatic heterocycles. The zero-order chi connectivity index (χ0) is 25.8. The Labute approximate surface area is 219 Å². The first kappa shape index (κ1) is 25.0. The maximum atomic E-state index is 13.1. The summed E-state index contributed by atoms with van der Waals surface area (Å²) in [5, 5.41) is 6.86. The van der Waals surface area contributed by atoms with Crippen LogP contribution in [0.3, 0.4) is 0 Å². The molecule has 1 fully saturated rings. The Bertz CT molecular complexity index is 1380. The van der Waals surface area contributed by atoms with Crippen LogP contribution in [0.4, 0.5) is 11.1 Å². The van der Waals surface area contributed by atoms with Gasteiger partial charge in [-0.3, -0.25) is 10.1 Å². The van der Waals surface area contributed by atoms with Crippen LogP contribution in [0.2, 0.25) is 0 Å². The van der Waals surface area contributed by atoms with E-state index in [0.29, 0.717) is 52.5 Å². The number of nitrogens with zero attached hydrogens (tertiary/aromatic N) is 3. The van der Waals surface area contributed by atoms with Crippen molar-refractivity contribution >= 4 is 39.5 Å². The lowest BCUT2D eigenvalue weighted by molar-refractivity contribution is 0.102. The van der Waals surface area contributed by atoms with Crippen molar-refractivity contribution < 1.29 is 18.7 Å². The predicted molar refractivity (Wildman–Crippen MR) is 145 cm³/mol. The summed E-state index contributed by atoms with van der Waals surface area (Å²) in [5.41, 5.74) is 2.59. The van der Waals surface area contributed by atoms with Gasteiger partial charge in [-0.25, -0.2) is 4.98 Å². The third-order valence-corrected chi connectivity index (χ3v) is 7.19. The summed E-state index contributed by atoms with van der Waals surface area (Å²) in [5.74, 6) is 1.14. The number of amides is 1. The zero-order valence-electron chi connectivity index (χ0n) is 21.2. The Morgan fingerprint density at radius 2 is 2.08 bits per heavy atom. The second-order valence-electron chi connectivity index (χ2n) is 8.91. The van der Waals surface area contributed by atoms with Gasteiger partial charge in [0, 0.05) is 23.7 Å². The van der Waals surface area contributed by atoms with Gasteiger partial charge in [-0.2, -0.15) is 4.98 Å². The molecule has 10 heteroatoms. The van der Waals surface area contributed by atoms with E-state index in [1.165, 1.54) is 11.3 Å². The number of benzene rings is 2. The molecular formula is C27H31N5O4S. The molecule has 0 radical (unpaired) electrons. The largest absolute Gasteiger partial charge is 0.493 e. The fourth-order valence-corrected chi connectivity index (χ4v) is 5.23. The first-order chi connectivity index (χ1) is 18.1. The number of aryl methyl sites for hydroxylation is 1. The number of rotatable bonds is 9. The van der Waals surface area contributed by atoms with Gasteiger partial charge in [-0.05, 0) is 69.6 Å². The van der Waals surface area contributed by atoms with Crippen LogP contribution >= 0.6 is 11.3 Å². The molecule has 9 nitrogen and oxygen atoms in total. The predicted octanol–water partition coefficient (Wildman–Crippen LogP) is 5.01. The number of fused-ring (bicyclic) bond motifs is 1. The van der Waals surface area contributed by atoms with Gasteiger partial charge in [-0.1, -0.05) is 12.1 Å². The minimum absolute atomic E-state index is 0.238. The number of hydrogen-bond acceptors (Lipinski definition) is 9. The van der Waals surface area contributed by atoms with Gasteiger partial charge in [-0.15, -0.1) is 11.3 Å². The summed E-state index contributed by atoms with van der Waals surface area (Å²) in [7, 11) is 1.64. The molecule has 37 heavy (non-hydrogen) atoms. The molecule has 2 aromatic carbocycles. The Morgan fingerprint density at radius 3 is 2.81 bits per heavy atom. The Morgan fingerprint density at radius 1 is 1.24 bits per heavy atom. The van der Waals surface area contributed by atoms with Crippen molar-refractivity contribution in [3.8, 4) is 11.5 Å². The normalized spacial score (nSPS) is 14.0. The van der Waals surface area contributed by atoms with Crippen molar-refractivity contribution in [2.24, 2.45) is 0 Å². The molecule has 2 N–H and O–H groups in total. The highest BCUT2D eigenvalue weighted by molar-refractivity contribution is 7.15. The molecule has 4 aromatic rings. The molecule has 0 unspecified atom stereocenters. The van der Waals surface area contributed by atoms with E-state index in [9.17, 15) is 4.79 Å². The van der Waals surface area contributed by atoms with E-state index in [2.05, 4.69) is 20.5 Å². The SMILES string of the molecule is CCOc1cc(CN(c2nc3cccc(C(=O)Nc4ncc(C)s4)c3o2)C2CCNCC2)ccc1OC. The van der Waals surface area contributed by atoms with Crippen LogP contribution in [0.5, 0.6) is 11.5 Å². The molecule has 1 aliphatic heterocycles. The fourth-order valence-electron chi connectivity index (χ4n) is 4.57. The maximum absolute atomic E-state index is 13.1. The molecular weight excluding hydrogens is 490 g/mol. The van der Waals surface area contributed by atoms with Crippen LogP contribution in [0, 0.1) is 6.92 Å². The number of hydrogen-bond donors (Lipinski definition) is 2.